The Balaban J connectivity index is 1.70. The molecule has 4 heteroatoms. The third-order valence-electron chi connectivity index (χ3n) is 4.05. The Bertz CT molecular complexity index is 720. The second-order valence-electron chi connectivity index (χ2n) is 6.11. The fourth-order valence-corrected chi connectivity index (χ4v) is 3.03. The number of carbonyl (C=O) groups is 2. The summed E-state index contributed by atoms with van der Waals surface area (Å²) in [6, 6.07) is 15.4. The van der Waals surface area contributed by atoms with Crippen molar-refractivity contribution in [1.29, 1.82) is 0 Å². The van der Waals surface area contributed by atoms with Gasteiger partial charge in [0.05, 0.1) is 5.92 Å². The van der Waals surface area contributed by atoms with E-state index in [1.807, 2.05) is 56.3 Å². The molecule has 1 heterocycles. The molecule has 0 saturated carbocycles. The summed E-state index contributed by atoms with van der Waals surface area (Å²) in [5.41, 5.74) is 3.85. The minimum atomic E-state index is -0.316. The van der Waals surface area contributed by atoms with Crippen LogP contribution < -0.4 is 10.2 Å². The molecular weight excluding hydrogens is 288 g/mol. The lowest BCUT2D eigenvalue weighted by Gasteiger charge is -2.16. The molecule has 0 radical (unpaired) electrons. The predicted molar refractivity (Wildman–Crippen MR) is 91.4 cm³/mol. The number of hydrogen-bond acceptors (Lipinski definition) is 2. The van der Waals surface area contributed by atoms with Crippen LogP contribution in [0.4, 0.5) is 11.4 Å². The van der Waals surface area contributed by atoms with Crippen molar-refractivity contribution in [1.82, 2.24) is 0 Å². The Hall–Kier alpha value is -2.62. The van der Waals surface area contributed by atoms with Gasteiger partial charge in [-0.05, 0) is 49.2 Å². The van der Waals surface area contributed by atoms with Crippen molar-refractivity contribution in [2.24, 2.45) is 5.92 Å². The number of rotatable bonds is 3. The Kier molecular flexibility index (Phi) is 4.15. The van der Waals surface area contributed by atoms with Gasteiger partial charge >= 0.3 is 0 Å². The minimum absolute atomic E-state index is 0.00299. The summed E-state index contributed by atoms with van der Waals surface area (Å²) in [4.78, 5) is 26.4. The molecule has 2 amide bonds. The molecule has 118 valence electrons. The van der Waals surface area contributed by atoms with Crippen LogP contribution in [0.3, 0.4) is 0 Å². The zero-order valence-electron chi connectivity index (χ0n) is 13.4. The molecule has 0 bridgehead atoms. The van der Waals surface area contributed by atoms with E-state index in [-0.39, 0.29) is 24.2 Å². The van der Waals surface area contributed by atoms with Crippen LogP contribution in [0.2, 0.25) is 0 Å². The van der Waals surface area contributed by atoms with Gasteiger partial charge in [0.15, 0.2) is 0 Å². The molecule has 1 aliphatic rings. The quantitative estimate of drug-likeness (QED) is 0.946. The first-order chi connectivity index (χ1) is 11.0. The summed E-state index contributed by atoms with van der Waals surface area (Å²) in [5, 5.41) is 2.94. The average molecular weight is 308 g/mol. The summed E-state index contributed by atoms with van der Waals surface area (Å²) < 4.78 is 0. The van der Waals surface area contributed by atoms with Gasteiger partial charge in [0, 0.05) is 24.3 Å². The van der Waals surface area contributed by atoms with E-state index in [2.05, 4.69) is 11.4 Å². The first-order valence-electron chi connectivity index (χ1n) is 7.77. The van der Waals surface area contributed by atoms with E-state index < -0.39 is 0 Å². The molecule has 0 spiro atoms. The van der Waals surface area contributed by atoms with Crippen molar-refractivity contribution in [3.63, 3.8) is 0 Å². The largest absolute Gasteiger partial charge is 0.326 e. The molecule has 2 aromatic carbocycles. The first-order valence-corrected chi connectivity index (χ1v) is 7.77. The zero-order chi connectivity index (χ0) is 16.4. The number of hydrogen-bond donors (Lipinski definition) is 1. The Morgan fingerprint density at radius 3 is 2.39 bits per heavy atom. The Morgan fingerprint density at radius 2 is 1.74 bits per heavy atom. The molecule has 4 nitrogen and oxygen atoms in total. The van der Waals surface area contributed by atoms with Crippen molar-refractivity contribution >= 4 is 23.2 Å². The number of aryl methyl sites for hydroxylation is 2. The van der Waals surface area contributed by atoms with Gasteiger partial charge in [-0.25, -0.2) is 0 Å². The van der Waals surface area contributed by atoms with Gasteiger partial charge in [0.2, 0.25) is 11.8 Å². The molecular formula is C19H20N2O2. The van der Waals surface area contributed by atoms with Gasteiger partial charge in [-0.15, -0.1) is 0 Å². The average Bonchev–Trinajstić information content (AvgIpc) is 2.89. The SMILES string of the molecule is Cc1cc(C)cc(NC(=O)[C@@H]2CC(=O)N(c3ccccc3)C2)c1. The van der Waals surface area contributed by atoms with Crippen LogP contribution in [-0.2, 0) is 9.59 Å². The van der Waals surface area contributed by atoms with Crippen LogP contribution >= 0.6 is 0 Å². The first kappa shape index (κ1) is 15.3. The Morgan fingerprint density at radius 1 is 1.09 bits per heavy atom. The summed E-state index contributed by atoms with van der Waals surface area (Å²) >= 11 is 0. The molecule has 3 rings (SSSR count). The second kappa shape index (κ2) is 6.24. The summed E-state index contributed by atoms with van der Waals surface area (Å²) in [7, 11) is 0. The van der Waals surface area contributed by atoms with Crippen molar-refractivity contribution in [2.75, 3.05) is 16.8 Å². The highest BCUT2D eigenvalue weighted by Crippen LogP contribution is 2.26. The van der Waals surface area contributed by atoms with E-state index in [1.165, 1.54) is 0 Å². The van der Waals surface area contributed by atoms with Crippen molar-refractivity contribution < 1.29 is 9.59 Å². The molecule has 0 aromatic heterocycles. The van der Waals surface area contributed by atoms with Gasteiger partial charge in [0.25, 0.3) is 0 Å². The van der Waals surface area contributed by atoms with Gasteiger partial charge in [-0.3, -0.25) is 9.59 Å². The molecule has 0 unspecified atom stereocenters. The number of nitrogens with one attached hydrogen (secondary N) is 1. The van der Waals surface area contributed by atoms with Gasteiger partial charge < -0.3 is 10.2 Å². The number of benzene rings is 2. The fraction of sp³-hybridized carbons (Fsp3) is 0.263. The standard InChI is InChI=1S/C19H20N2O2/c1-13-8-14(2)10-16(9-13)20-19(23)15-11-18(22)21(12-15)17-6-4-3-5-7-17/h3-10,15H,11-12H2,1-2H3,(H,20,23)/t15-/m1/s1. The maximum atomic E-state index is 12.5. The summed E-state index contributed by atoms with van der Waals surface area (Å²) in [6.45, 7) is 4.43. The number of para-hydroxylation sites is 1. The summed E-state index contributed by atoms with van der Waals surface area (Å²) in [6.07, 6.45) is 0.255. The highest BCUT2D eigenvalue weighted by molar-refractivity contribution is 6.03. The normalized spacial score (nSPS) is 17.4. The van der Waals surface area contributed by atoms with Crippen molar-refractivity contribution in [3.05, 3.63) is 59.7 Å². The molecule has 1 N–H and O–H groups in total. The molecule has 1 aliphatic heterocycles. The van der Waals surface area contributed by atoms with Crippen LogP contribution in [0.25, 0.3) is 0 Å². The number of nitrogens with zero attached hydrogens (tertiary/aromatic N) is 1. The summed E-state index contributed by atoms with van der Waals surface area (Å²) in [5.74, 6) is -0.415. The van der Waals surface area contributed by atoms with E-state index in [9.17, 15) is 9.59 Å². The fourth-order valence-electron chi connectivity index (χ4n) is 3.03. The van der Waals surface area contributed by atoms with Gasteiger partial charge in [-0.2, -0.15) is 0 Å². The van der Waals surface area contributed by atoms with Gasteiger partial charge in [0.1, 0.15) is 0 Å². The highest BCUT2D eigenvalue weighted by Gasteiger charge is 2.35. The van der Waals surface area contributed by atoms with Crippen LogP contribution in [0, 0.1) is 19.8 Å². The maximum Gasteiger partial charge on any atom is 0.229 e. The van der Waals surface area contributed by atoms with E-state index >= 15 is 0 Å². The molecule has 1 fully saturated rings. The van der Waals surface area contributed by atoms with Crippen LogP contribution in [0.15, 0.2) is 48.5 Å². The number of carbonyl (C=O) groups excluding carboxylic acids is 2. The molecule has 2 aromatic rings. The van der Waals surface area contributed by atoms with E-state index in [1.54, 1.807) is 4.90 Å². The third kappa shape index (κ3) is 3.42. The highest BCUT2D eigenvalue weighted by atomic mass is 16.2. The van der Waals surface area contributed by atoms with E-state index in [0.29, 0.717) is 6.54 Å². The van der Waals surface area contributed by atoms with E-state index in [4.69, 9.17) is 0 Å². The van der Waals surface area contributed by atoms with E-state index in [0.717, 1.165) is 22.5 Å². The smallest absolute Gasteiger partial charge is 0.229 e. The van der Waals surface area contributed by atoms with Crippen molar-refractivity contribution in [3.8, 4) is 0 Å². The third-order valence-corrected chi connectivity index (χ3v) is 4.05. The van der Waals surface area contributed by atoms with Crippen molar-refractivity contribution in [2.45, 2.75) is 20.3 Å². The minimum Gasteiger partial charge on any atom is -0.326 e. The van der Waals surface area contributed by atoms with Crippen LogP contribution in [0.5, 0.6) is 0 Å². The van der Waals surface area contributed by atoms with Crippen LogP contribution in [0.1, 0.15) is 17.5 Å². The molecule has 23 heavy (non-hydrogen) atoms. The second-order valence-corrected chi connectivity index (χ2v) is 6.11. The van der Waals surface area contributed by atoms with Crippen LogP contribution in [-0.4, -0.2) is 18.4 Å². The molecule has 0 aliphatic carbocycles. The lowest BCUT2D eigenvalue weighted by molar-refractivity contribution is -0.122. The topological polar surface area (TPSA) is 49.4 Å². The zero-order valence-corrected chi connectivity index (χ0v) is 13.4. The number of amides is 2. The molecule has 1 saturated heterocycles. The monoisotopic (exact) mass is 308 g/mol. The lowest BCUT2D eigenvalue weighted by Crippen LogP contribution is -2.28. The predicted octanol–water partition coefficient (Wildman–Crippen LogP) is 3.30. The molecule has 1 atom stereocenters. The lowest BCUT2D eigenvalue weighted by atomic mass is 10.1. The maximum absolute atomic E-state index is 12.5. The Labute approximate surface area is 136 Å². The van der Waals surface area contributed by atoms with Gasteiger partial charge in [-0.1, -0.05) is 24.3 Å². The number of anilines is 2.